The summed E-state index contributed by atoms with van der Waals surface area (Å²) in [6.07, 6.45) is 13.0. The molecule has 1 aliphatic carbocycles. The summed E-state index contributed by atoms with van der Waals surface area (Å²) in [6.45, 7) is 6.56. The van der Waals surface area contributed by atoms with Crippen molar-refractivity contribution in [1.29, 1.82) is 0 Å². The molecule has 6 nitrogen and oxygen atoms in total. The minimum absolute atomic E-state index is 0. The number of pyridine rings is 1. The van der Waals surface area contributed by atoms with Crippen molar-refractivity contribution in [2.75, 3.05) is 32.8 Å². The van der Waals surface area contributed by atoms with Gasteiger partial charge >= 0.3 is 0 Å². The Labute approximate surface area is 186 Å². The number of hydrogen-bond acceptors (Lipinski definition) is 4. The van der Waals surface area contributed by atoms with E-state index in [-0.39, 0.29) is 24.0 Å². The monoisotopic (exact) mass is 501 g/mol. The van der Waals surface area contributed by atoms with E-state index < -0.39 is 0 Å². The van der Waals surface area contributed by atoms with Crippen molar-refractivity contribution in [1.82, 2.24) is 20.5 Å². The van der Waals surface area contributed by atoms with E-state index in [0.717, 1.165) is 30.8 Å². The molecule has 3 rings (SSSR count). The number of rotatable bonds is 7. The van der Waals surface area contributed by atoms with Gasteiger partial charge in [-0.1, -0.05) is 19.3 Å². The summed E-state index contributed by atoms with van der Waals surface area (Å²) >= 11 is 0. The predicted octanol–water partition coefficient (Wildman–Crippen LogP) is 3.43. The zero-order chi connectivity index (χ0) is 18.7. The van der Waals surface area contributed by atoms with Gasteiger partial charge in [-0.2, -0.15) is 0 Å². The third-order valence-electron chi connectivity index (χ3n) is 5.49. The predicted molar refractivity (Wildman–Crippen MR) is 126 cm³/mol. The quantitative estimate of drug-likeness (QED) is 0.260. The minimum Gasteiger partial charge on any atom is -0.490 e. The number of guanidine groups is 1. The summed E-state index contributed by atoms with van der Waals surface area (Å²) in [7, 11) is 0. The smallest absolute Gasteiger partial charge is 0.191 e. The van der Waals surface area contributed by atoms with E-state index in [1.54, 1.807) is 12.4 Å². The Bertz CT molecular complexity index is 565. The van der Waals surface area contributed by atoms with Gasteiger partial charge in [0, 0.05) is 31.4 Å². The van der Waals surface area contributed by atoms with E-state index in [0.29, 0.717) is 19.2 Å². The van der Waals surface area contributed by atoms with E-state index in [1.165, 1.54) is 51.5 Å². The van der Waals surface area contributed by atoms with Crippen LogP contribution >= 0.6 is 24.0 Å². The van der Waals surface area contributed by atoms with Crippen LogP contribution in [-0.4, -0.2) is 60.7 Å². The molecule has 2 heterocycles. The number of hydrogen-bond donors (Lipinski definition) is 2. The van der Waals surface area contributed by atoms with Crippen molar-refractivity contribution >= 4 is 29.9 Å². The highest BCUT2D eigenvalue weighted by Gasteiger charge is 2.27. The normalized spacial score (nSPS) is 21.6. The van der Waals surface area contributed by atoms with Gasteiger partial charge in [-0.05, 0) is 51.3 Å². The molecule has 1 aromatic rings. The molecule has 0 spiro atoms. The number of aliphatic imine (C=N–C) groups is 1. The molecular formula is C21H36IN5O. The lowest BCUT2D eigenvalue weighted by molar-refractivity contribution is 0.115. The maximum Gasteiger partial charge on any atom is 0.191 e. The molecule has 0 amide bonds. The Hall–Kier alpha value is -1.09. The summed E-state index contributed by atoms with van der Waals surface area (Å²) in [5, 5.41) is 7.03. The van der Waals surface area contributed by atoms with Crippen molar-refractivity contribution < 1.29 is 4.74 Å². The molecule has 7 heteroatoms. The molecule has 1 atom stereocenters. The van der Waals surface area contributed by atoms with Crippen LogP contribution in [0.2, 0.25) is 0 Å². The topological polar surface area (TPSA) is 61.8 Å². The van der Waals surface area contributed by atoms with Crippen LogP contribution in [0.15, 0.2) is 29.5 Å². The van der Waals surface area contributed by atoms with E-state index in [9.17, 15) is 0 Å². The molecule has 1 unspecified atom stereocenters. The first-order valence-electron chi connectivity index (χ1n) is 10.7. The molecule has 0 radical (unpaired) electrons. The highest BCUT2D eigenvalue weighted by molar-refractivity contribution is 14.0. The SMILES string of the molecule is CCNC(=NCCOc1cccnc1)NC1CCCN(C2CCCCC2)C1.I. The summed E-state index contributed by atoms with van der Waals surface area (Å²) in [5.41, 5.74) is 0. The lowest BCUT2D eigenvalue weighted by atomic mass is 9.92. The number of likely N-dealkylation sites (tertiary alicyclic amines) is 1. The van der Waals surface area contributed by atoms with Crippen molar-refractivity contribution in [3.63, 3.8) is 0 Å². The number of piperidine rings is 1. The molecule has 2 fully saturated rings. The van der Waals surface area contributed by atoms with E-state index >= 15 is 0 Å². The number of aromatic nitrogens is 1. The third kappa shape index (κ3) is 7.73. The summed E-state index contributed by atoms with van der Waals surface area (Å²) < 4.78 is 5.69. The zero-order valence-corrected chi connectivity index (χ0v) is 19.4. The molecule has 1 saturated carbocycles. The molecule has 1 saturated heterocycles. The van der Waals surface area contributed by atoms with Gasteiger partial charge in [-0.25, -0.2) is 4.99 Å². The standard InChI is InChI=1S/C21H35N5O.HI/c1-2-23-21(24-13-15-27-20-11-6-12-22-16-20)25-18-8-7-14-26(17-18)19-9-4-3-5-10-19;/h6,11-12,16,18-19H,2-5,7-10,13-15,17H2,1H3,(H2,23,24,25);1H. The molecular weight excluding hydrogens is 465 g/mol. The third-order valence-corrected chi connectivity index (χ3v) is 5.49. The highest BCUT2D eigenvalue weighted by Crippen LogP contribution is 2.25. The van der Waals surface area contributed by atoms with Crippen LogP contribution < -0.4 is 15.4 Å². The average Bonchev–Trinajstić information content (AvgIpc) is 2.73. The second-order valence-corrected chi connectivity index (χ2v) is 7.57. The lowest BCUT2D eigenvalue weighted by Crippen LogP contribution is -2.53. The fourth-order valence-electron chi connectivity index (χ4n) is 4.17. The molecule has 158 valence electrons. The summed E-state index contributed by atoms with van der Waals surface area (Å²) in [4.78, 5) is 11.5. The first kappa shape index (κ1) is 23.2. The molecule has 0 aromatic carbocycles. The van der Waals surface area contributed by atoms with Gasteiger partial charge < -0.3 is 15.4 Å². The number of nitrogens with one attached hydrogen (secondary N) is 2. The van der Waals surface area contributed by atoms with Gasteiger partial charge in [0.25, 0.3) is 0 Å². The molecule has 2 aliphatic rings. The van der Waals surface area contributed by atoms with Crippen LogP contribution in [0.4, 0.5) is 0 Å². The molecule has 1 aromatic heterocycles. The Morgan fingerprint density at radius 1 is 1.25 bits per heavy atom. The van der Waals surface area contributed by atoms with Crippen LogP contribution in [-0.2, 0) is 0 Å². The van der Waals surface area contributed by atoms with Crippen LogP contribution in [0.1, 0.15) is 51.9 Å². The molecule has 0 bridgehead atoms. The Kier molecular flexibility index (Phi) is 10.9. The van der Waals surface area contributed by atoms with Crippen LogP contribution in [0.3, 0.4) is 0 Å². The summed E-state index contributed by atoms with van der Waals surface area (Å²) in [6, 6.07) is 5.08. The van der Waals surface area contributed by atoms with Crippen LogP contribution in [0, 0.1) is 0 Å². The van der Waals surface area contributed by atoms with Crippen LogP contribution in [0.25, 0.3) is 0 Å². The van der Waals surface area contributed by atoms with Crippen molar-refractivity contribution in [2.24, 2.45) is 4.99 Å². The fourth-order valence-corrected chi connectivity index (χ4v) is 4.17. The largest absolute Gasteiger partial charge is 0.490 e. The van der Waals surface area contributed by atoms with E-state index in [2.05, 4.69) is 27.4 Å². The van der Waals surface area contributed by atoms with Gasteiger partial charge in [0.05, 0.1) is 12.7 Å². The second kappa shape index (κ2) is 13.2. The van der Waals surface area contributed by atoms with E-state index in [4.69, 9.17) is 9.73 Å². The minimum atomic E-state index is 0. The van der Waals surface area contributed by atoms with Crippen molar-refractivity contribution in [3.05, 3.63) is 24.5 Å². The molecule has 1 aliphatic heterocycles. The van der Waals surface area contributed by atoms with Crippen LogP contribution in [0.5, 0.6) is 5.75 Å². The molecule has 2 N–H and O–H groups in total. The maximum absolute atomic E-state index is 5.69. The summed E-state index contributed by atoms with van der Waals surface area (Å²) in [5.74, 6) is 1.70. The Morgan fingerprint density at radius 3 is 2.86 bits per heavy atom. The first-order valence-corrected chi connectivity index (χ1v) is 10.7. The Morgan fingerprint density at radius 2 is 2.11 bits per heavy atom. The van der Waals surface area contributed by atoms with Gasteiger partial charge in [0.15, 0.2) is 5.96 Å². The number of halogens is 1. The lowest BCUT2D eigenvalue weighted by Gasteiger charge is -2.40. The van der Waals surface area contributed by atoms with E-state index in [1.807, 2.05) is 12.1 Å². The molecule has 28 heavy (non-hydrogen) atoms. The van der Waals surface area contributed by atoms with Crippen molar-refractivity contribution in [3.8, 4) is 5.75 Å². The maximum atomic E-state index is 5.69. The first-order chi connectivity index (χ1) is 13.3. The van der Waals surface area contributed by atoms with Gasteiger partial charge in [-0.3, -0.25) is 9.88 Å². The Balaban J connectivity index is 0.00000280. The van der Waals surface area contributed by atoms with Gasteiger partial charge in [0.1, 0.15) is 12.4 Å². The average molecular weight is 501 g/mol. The second-order valence-electron chi connectivity index (χ2n) is 7.57. The number of nitrogens with zero attached hydrogens (tertiary/aromatic N) is 3. The van der Waals surface area contributed by atoms with Gasteiger partial charge in [-0.15, -0.1) is 24.0 Å². The highest BCUT2D eigenvalue weighted by atomic mass is 127. The fraction of sp³-hybridized carbons (Fsp3) is 0.714. The van der Waals surface area contributed by atoms with Crippen molar-refractivity contribution in [2.45, 2.75) is 64.0 Å². The number of ether oxygens (including phenoxy) is 1. The van der Waals surface area contributed by atoms with Gasteiger partial charge in [0.2, 0.25) is 0 Å². The zero-order valence-electron chi connectivity index (χ0n) is 17.1.